The van der Waals surface area contributed by atoms with Crippen molar-refractivity contribution in [1.82, 2.24) is 5.32 Å². The van der Waals surface area contributed by atoms with E-state index in [9.17, 15) is 10.1 Å². The first-order valence-corrected chi connectivity index (χ1v) is 5.74. The second kappa shape index (κ2) is 6.93. The van der Waals surface area contributed by atoms with Crippen LogP contribution in [0, 0.1) is 16.0 Å². The van der Waals surface area contributed by atoms with Gasteiger partial charge < -0.3 is 15.2 Å². The average molecular weight is 254 g/mol. The number of nitrogens with one attached hydrogen (secondary N) is 1. The van der Waals surface area contributed by atoms with E-state index in [2.05, 4.69) is 5.32 Å². The zero-order chi connectivity index (χ0) is 13.5. The van der Waals surface area contributed by atoms with Gasteiger partial charge in [0.05, 0.1) is 11.5 Å². The quantitative estimate of drug-likeness (QED) is 0.566. The van der Waals surface area contributed by atoms with E-state index in [-0.39, 0.29) is 30.6 Å². The lowest BCUT2D eigenvalue weighted by Gasteiger charge is -2.11. The fourth-order valence-electron chi connectivity index (χ4n) is 1.43. The standard InChI is InChI=1S/C12H18N2O4/c1-9(7-15)8-18-12-4-3-10(6-13-2)5-11(12)14(16)17/h3-5,9,13,15H,6-8H2,1-2H3. The van der Waals surface area contributed by atoms with Gasteiger partial charge in [0.15, 0.2) is 5.75 Å². The molecule has 18 heavy (non-hydrogen) atoms. The lowest BCUT2D eigenvalue weighted by molar-refractivity contribution is -0.386. The molecule has 0 aliphatic heterocycles. The minimum absolute atomic E-state index is 0.00830. The highest BCUT2D eigenvalue weighted by molar-refractivity contribution is 5.48. The number of aliphatic hydroxyl groups excluding tert-OH is 1. The number of hydrogen-bond acceptors (Lipinski definition) is 5. The summed E-state index contributed by atoms with van der Waals surface area (Å²) in [4.78, 5) is 10.5. The summed E-state index contributed by atoms with van der Waals surface area (Å²) < 4.78 is 5.36. The molecule has 6 nitrogen and oxygen atoms in total. The Morgan fingerprint density at radius 2 is 2.28 bits per heavy atom. The predicted octanol–water partition coefficient (Wildman–Crippen LogP) is 1.32. The van der Waals surface area contributed by atoms with Crippen LogP contribution in [0.2, 0.25) is 0 Å². The van der Waals surface area contributed by atoms with Crippen LogP contribution < -0.4 is 10.1 Å². The van der Waals surface area contributed by atoms with Gasteiger partial charge in [-0.05, 0) is 18.7 Å². The van der Waals surface area contributed by atoms with Crippen molar-refractivity contribution in [3.8, 4) is 5.75 Å². The van der Waals surface area contributed by atoms with E-state index in [4.69, 9.17) is 9.84 Å². The Balaban J connectivity index is 2.86. The molecule has 1 aromatic rings. The summed E-state index contributed by atoms with van der Waals surface area (Å²) in [6, 6.07) is 4.87. The molecule has 0 fully saturated rings. The fraction of sp³-hybridized carbons (Fsp3) is 0.500. The highest BCUT2D eigenvalue weighted by Gasteiger charge is 2.16. The summed E-state index contributed by atoms with van der Waals surface area (Å²) in [6.45, 7) is 2.61. The normalized spacial score (nSPS) is 12.2. The monoisotopic (exact) mass is 254 g/mol. The van der Waals surface area contributed by atoms with Crippen molar-refractivity contribution in [3.05, 3.63) is 33.9 Å². The summed E-state index contributed by atoms with van der Waals surface area (Å²) >= 11 is 0. The smallest absolute Gasteiger partial charge is 0.311 e. The summed E-state index contributed by atoms with van der Waals surface area (Å²) in [5, 5.41) is 22.8. The van der Waals surface area contributed by atoms with E-state index in [0.717, 1.165) is 5.56 Å². The highest BCUT2D eigenvalue weighted by Crippen LogP contribution is 2.28. The van der Waals surface area contributed by atoms with Crippen molar-refractivity contribution in [2.45, 2.75) is 13.5 Å². The molecule has 0 amide bonds. The Morgan fingerprint density at radius 3 is 2.83 bits per heavy atom. The third-order valence-corrected chi connectivity index (χ3v) is 2.44. The number of ether oxygens (including phenoxy) is 1. The SMILES string of the molecule is CNCc1ccc(OCC(C)CO)c([N+](=O)[O-])c1. The van der Waals surface area contributed by atoms with Gasteiger partial charge in [-0.3, -0.25) is 10.1 Å². The molecule has 0 aromatic heterocycles. The molecule has 0 saturated carbocycles. The van der Waals surface area contributed by atoms with Crippen molar-refractivity contribution < 1.29 is 14.8 Å². The Morgan fingerprint density at radius 1 is 1.56 bits per heavy atom. The lowest BCUT2D eigenvalue weighted by Crippen LogP contribution is -2.13. The molecule has 1 atom stereocenters. The molecule has 1 unspecified atom stereocenters. The molecule has 0 bridgehead atoms. The molecular formula is C12H18N2O4. The van der Waals surface area contributed by atoms with Gasteiger partial charge >= 0.3 is 5.69 Å². The average Bonchev–Trinajstić information content (AvgIpc) is 2.36. The molecule has 0 aliphatic carbocycles. The number of benzene rings is 1. The van der Waals surface area contributed by atoms with Gasteiger partial charge in [-0.15, -0.1) is 0 Å². The maximum absolute atomic E-state index is 10.9. The Kier molecular flexibility index (Phi) is 5.54. The second-order valence-electron chi connectivity index (χ2n) is 4.19. The van der Waals surface area contributed by atoms with E-state index < -0.39 is 4.92 Å². The molecule has 100 valence electrons. The van der Waals surface area contributed by atoms with Crippen molar-refractivity contribution in [2.24, 2.45) is 5.92 Å². The van der Waals surface area contributed by atoms with Crippen LogP contribution in [0.15, 0.2) is 18.2 Å². The fourth-order valence-corrected chi connectivity index (χ4v) is 1.43. The maximum Gasteiger partial charge on any atom is 0.311 e. The molecular weight excluding hydrogens is 236 g/mol. The predicted molar refractivity (Wildman–Crippen MR) is 67.6 cm³/mol. The zero-order valence-electron chi connectivity index (χ0n) is 10.5. The third-order valence-electron chi connectivity index (χ3n) is 2.44. The number of rotatable bonds is 7. The lowest BCUT2D eigenvalue weighted by atomic mass is 10.2. The first kappa shape index (κ1) is 14.4. The molecule has 0 spiro atoms. The largest absolute Gasteiger partial charge is 0.486 e. The zero-order valence-corrected chi connectivity index (χ0v) is 10.5. The topological polar surface area (TPSA) is 84.6 Å². The van der Waals surface area contributed by atoms with Crippen molar-refractivity contribution >= 4 is 5.69 Å². The molecule has 0 heterocycles. The van der Waals surface area contributed by atoms with E-state index in [1.165, 1.54) is 6.07 Å². The van der Waals surface area contributed by atoms with Gasteiger partial charge in [0, 0.05) is 25.1 Å². The first-order valence-electron chi connectivity index (χ1n) is 5.74. The van der Waals surface area contributed by atoms with Crippen molar-refractivity contribution in [3.63, 3.8) is 0 Å². The number of aliphatic hydroxyl groups is 1. The maximum atomic E-state index is 10.9. The second-order valence-corrected chi connectivity index (χ2v) is 4.19. The Bertz CT molecular complexity index is 409. The number of nitro benzene ring substituents is 1. The molecule has 0 radical (unpaired) electrons. The minimum Gasteiger partial charge on any atom is -0.486 e. The first-order chi connectivity index (χ1) is 8.58. The summed E-state index contributed by atoms with van der Waals surface area (Å²) in [6.07, 6.45) is 0. The molecule has 1 rings (SSSR count). The summed E-state index contributed by atoms with van der Waals surface area (Å²) in [5.41, 5.74) is 0.777. The number of nitrogens with zero attached hydrogens (tertiary/aromatic N) is 1. The van der Waals surface area contributed by atoms with Crippen LogP contribution in [0.1, 0.15) is 12.5 Å². The highest BCUT2D eigenvalue weighted by atomic mass is 16.6. The third kappa shape index (κ3) is 3.97. The number of nitro groups is 1. The van der Waals surface area contributed by atoms with Crippen LogP contribution in [-0.4, -0.2) is 30.3 Å². The number of hydrogen-bond donors (Lipinski definition) is 2. The minimum atomic E-state index is -0.460. The van der Waals surface area contributed by atoms with Gasteiger partial charge in [-0.25, -0.2) is 0 Å². The van der Waals surface area contributed by atoms with Crippen LogP contribution in [0.25, 0.3) is 0 Å². The van der Waals surface area contributed by atoms with Gasteiger partial charge in [0.1, 0.15) is 0 Å². The van der Waals surface area contributed by atoms with E-state index in [1.54, 1.807) is 26.1 Å². The van der Waals surface area contributed by atoms with Crippen molar-refractivity contribution in [1.29, 1.82) is 0 Å². The molecule has 6 heteroatoms. The molecule has 2 N–H and O–H groups in total. The Hall–Kier alpha value is -1.66. The molecule has 0 aliphatic rings. The van der Waals surface area contributed by atoms with Crippen LogP contribution in [0.4, 0.5) is 5.69 Å². The van der Waals surface area contributed by atoms with Crippen molar-refractivity contribution in [2.75, 3.05) is 20.3 Å². The molecule has 1 aromatic carbocycles. The van der Waals surface area contributed by atoms with Gasteiger partial charge in [-0.1, -0.05) is 13.0 Å². The van der Waals surface area contributed by atoms with E-state index in [1.807, 2.05) is 0 Å². The summed E-state index contributed by atoms with van der Waals surface area (Å²) in [5.74, 6) is 0.182. The summed E-state index contributed by atoms with van der Waals surface area (Å²) in [7, 11) is 1.78. The van der Waals surface area contributed by atoms with Gasteiger partial charge in [0.2, 0.25) is 0 Å². The van der Waals surface area contributed by atoms with Crippen LogP contribution in [-0.2, 0) is 6.54 Å². The van der Waals surface area contributed by atoms with Crippen LogP contribution in [0.3, 0.4) is 0 Å². The van der Waals surface area contributed by atoms with Gasteiger partial charge in [-0.2, -0.15) is 0 Å². The van der Waals surface area contributed by atoms with Crippen LogP contribution >= 0.6 is 0 Å². The van der Waals surface area contributed by atoms with Gasteiger partial charge in [0.25, 0.3) is 0 Å². The molecule has 0 saturated heterocycles. The van der Waals surface area contributed by atoms with E-state index >= 15 is 0 Å². The van der Waals surface area contributed by atoms with E-state index in [0.29, 0.717) is 6.54 Å². The van der Waals surface area contributed by atoms with Crippen LogP contribution in [0.5, 0.6) is 5.75 Å². The Labute approximate surface area is 106 Å².